The largest absolute Gasteiger partial charge is 0.491 e. The van der Waals surface area contributed by atoms with Crippen LogP contribution in [0.5, 0.6) is 5.75 Å². The molecule has 5 nitrogen and oxygen atoms in total. The van der Waals surface area contributed by atoms with E-state index in [2.05, 4.69) is 0 Å². The maximum atomic E-state index is 13.7. The van der Waals surface area contributed by atoms with E-state index in [0.29, 0.717) is 18.4 Å². The van der Waals surface area contributed by atoms with Crippen LogP contribution in [-0.4, -0.2) is 42.6 Å². The molecule has 0 unspecified atom stereocenters. The summed E-state index contributed by atoms with van der Waals surface area (Å²) in [7, 11) is 3.35. The van der Waals surface area contributed by atoms with Crippen molar-refractivity contribution in [2.45, 2.75) is 12.8 Å². The second-order valence-electron chi connectivity index (χ2n) is 4.60. The molecule has 1 aromatic carbocycles. The van der Waals surface area contributed by atoms with Crippen molar-refractivity contribution >= 4 is 18.0 Å². The number of hydrogen-bond acceptors (Lipinski definition) is 3. The normalized spacial score (nSPS) is 10.6. The van der Waals surface area contributed by atoms with Crippen molar-refractivity contribution < 1.29 is 23.8 Å². The van der Waals surface area contributed by atoms with Crippen LogP contribution in [0.2, 0.25) is 0 Å². The molecule has 0 saturated heterocycles. The van der Waals surface area contributed by atoms with Crippen molar-refractivity contribution in [3.05, 3.63) is 35.7 Å². The van der Waals surface area contributed by atoms with Gasteiger partial charge in [0.1, 0.15) is 0 Å². The van der Waals surface area contributed by atoms with Gasteiger partial charge in [-0.25, -0.2) is 9.18 Å². The molecule has 1 rings (SSSR count). The van der Waals surface area contributed by atoms with Crippen LogP contribution in [0.1, 0.15) is 18.4 Å². The van der Waals surface area contributed by atoms with E-state index in [1.54, 1.807) is 20.2 Å². The molecule has 0 saturated carbocycles. The van der Waals surface area contributed by atoms with Crippen LogP contribution in [0, 0.1) is 5.82 Å². The topological polar surface area (TPSA) is 66.8 Å². The summed E-state index contributed by atoms with van der Waals surface area (Å²) in [5, 5.41) is 8.49. The van der Waals surface area contributed by atoms with E-state index >= 15 is 0 Å². The fourth-order valence-electron chi connectivity index (χ4n) is 1.53. The molecule has 0 radical (unpaired) electrons. The molecule has 0 aliphatic carbocycles. The predicted octanol–water partition coefficient (Wildman–Crippen LogP) is 2.17. The lowest BCUT2D eigenvalue weighted by Gasteiger charge is -2.11. The van der Waals surface area contributed by atoms with Gasteiger partial charge in [0.15, 0.2) is 11.6 Å². The van der Waals surface area contributed by atoms with E-state index in [9.17, 15) is 14.0 Å². The van der Waals surface area contributed by atoms with Crippen molar-refractivity contribution in [2.24, 2.45) is 0 Å². The first-order chi connectivity index (χ1) is 9.90. The summed E-state index contributed by atoms with van der Waals surface area (Å²) in [4.78, 5) is 23.2. The molecule has 1 N–H and O–H groups in total. The Balaban J connectivity index is 2.50. The third-order valence-electron chi connectivity index (χ3n) is 2.67. The number of aliphatic carboxylic acids is 1. The SMILES string of the molecule is CN(C)C(=O)CCCOc1ccc(/C=C/C(=O)O)cc1F. The minimum Gasteiger partial charge on any atom is -0.491 e. The van der Waals surface area contributed by atoms with Gasteiger partial charge < -0.3 is 14.7 Å². The lowest BCUT2D eigenvalue weighted by molar-refractivity contribution is -0.131. The highest BCUT2D eigenvalue weighted by Gasteiger charge is 2.06. The molecule has 0 aliphatic heterocycles. The van der Waals surface area contributed by atoms with Gasteiger partial charge in [-0.1, -0.05) is 6.07 Å². The Labute approximate surface area is 122 Å². The smallest absolute Gasteiger partial charge is 0.328 e. The molecule has 0 spiro atoms. The van der Waals surface area contributed by atoms with Crippen molar-refractivity contribution in [1.82, 2.24) is 4.90 Å². The predicted molar refractivity (Wildman–Crippen MR) is 76.5 cm³/mol. The lowest BCUT2D eigenvalue weighted by atomic mass is 10.2. The van der Waals surface area contributed by atoms with Gasteiger partial charge in [-0.05, 0) is 30.2 Å². The second-order valence-corrected chi connectivity index (χ2v) is 4.60. The Bertz CT molecular complexity index is 540. The molecule has 0 heterocycles. The molecule has 0 aromatic heterocycles. The average molecular weight is 295 g/mol. The number of nitrogens with zero attached hydrogens (tertiary/aromatic N) is 1. The first-order valence-electron chi connectivity index (χ1n) is 6.43. The minimum absolute atomic E-state index is 0.00627. The van der Waals surface area contributed by atoms with Crippen LogP contribution in [0.15, 0.2) is 24.3 Å². The van der Waals surface area contributed by atoms with Crippen molar-refractivity contribution in [3.63, 3.8) is 0 Å². The Morgan fingerprint density at radius 1 is 1.38 bits per heavy atom. The van der Waals surface area contributed by atoms with Crippen LogP contribution in [0.4, 0.5) is 4.39 Å². The monoisotopic (exact) mass is 295 g/mol. The molecular formula is C15H18FNO4. The maximum Gasteiger partial charge on any atom is 0.328 e. The number of ether oxygens (including phenoxy) is 1. The van der Waals surface area contributed by atoms with Gasteiger partial charge in [0.05, 0.1) is 6.61 Å². The van der Waals surface area contributed by atoms with Crippen molar-refractivity contribution in [1.29, 1.82) is 0 Å². The van der Waals surface area contributed by atoms with E-state index < -0.39 is 11.8 Å². The van der Waals surface area contributed by atoms with E-state index in [1.165, 1.54) is 23.1 Å². The quantitative estimate of drug-likeness (QED) is 0.618. The van der Waals surface area contributed by atoms with Gasteiger partial charge in [-0.2, -0.15) is 0 Å². The van der Waals surface area contributed by atoms with Gasteiger partial charge in [0.25, 0.3) is 0 Å². The summed E-state index contributed by atoms with van der Waals surface area (Å²) in [6, 6.07) is 4.19. The summed E-state index contributed by atoms with van der Waals surface area (Å²) >= 11 is 0. The molecule has 0 aliphatic rings. The number of rotatable bonds is 7. The standard InChI is InChI=1S/C15H18FNO4/c1-17(2)14(18)4-3-9-21-13-7-5-11(10-12(13)16)6-8-15(19)20/h5-8,10H,3-4,9H2,1-2H3,(H,19,20)/b8-6+. The van der Waals surface area contributed by atoms with Crippen LogP contribution >= 0.6 is 0 Å². The Hall–Kier alpha value is -2.37. The summed E-state index contributed by atoms with van der Waals surface area (Å²) < 4.78 is 19.0. The molecule has 1 aromatic rings. The highest BCUT2D eigenvalue weighted by Crippen LogP contribution is 2.19. The van der Waals surface area contributed by atoms with Crippen LogP contribution < -0.4 is 4.74 Å². The number of carbonyl (C=O) groups excluding carboxylic acids is 1. The highest BCUT2D eigenvalue weighted by atomic mass is 19.1. The first kappa shape index (κ1) is 16.7. The molecule has 1 amide bonds. The zero-order valence-electron chi connectivity index (χ0n) is 12.0. The van der Waals surface area contributed by atoms with E-state index in [4.69, 9.17) is 9.84 Å². The number of carboxylic acid groups (broad SMARTS) is 1. The fourth-order valence-corrected chi connectivity index (χ4v) is 1.53. The van der Waals surface area contributed by atoms with Crippen LogP contribution in [0.3, 0.4) is 0 Å². The molecular weight excluding hydrogens is 277 g/mol. The number of carboxylic acids is 1. The minimum atomic E-state index is -1.10. The highest BCUT2D eigenvalue weighted by molar-refractivity contribution is 5.85. The molecule has 0 atom stereocenters. The lowest BCUT2D eigenvalue weighted by Crippen LogP contribution is -2.21. The zero-order chi connectivity index (χ0) is 15.8. The molecule has 114 valence electrons. The number of amides is 1. The zero-order valence-corrected chi connectivity index (χ0v) is 12.0. The number of benzene rings is 1. The Morgan fingerprint density at radius 3 is 2.67 bits per heavy atom. The number of hydrogen-bond donors (Lipinski definition) is 1. The second kappa shape index (κ2) is 8.04. The average Bonchev–Trinajstić information content (AvgIpc) is 2.42. The van der Waals surface area contributed by atoms with Crippen LogP contribution in [-0.2, 0) is 9.59 Å². The summed E-state index contributed by atoms with van der Waals surface area (Å²) in [5.41, 5.74) is 0.435. The first-order valence-corrected chi connectivity index (χ1v) is 6.43. The molecule has 0 bridgehead atoms. The summed E-state index contributed by atoms with van der Waals surface area (Å²) in [6.07, 6.45) is 3.07. The number of carbonyl (C=O) groups is 2. The summed E-state index contributed by atoms with van der Waals surface area (Å²) in [5.74, 6) is -1.59. The van der Waals surface area contributed by atoms with Gasteiger partial charge >= 0.3 is 5.97 Å². The maximum absolute atomic E-state index is 13.7. The summed E-state index contributed by atoms with van der Waals surface area (Å²) in [6.45, 7) is 0.237. The van der Waals surface area contributed by atoms with E-state index in [-0.39, 0.29) is 18.3 Å². The van der Waals surface area contributed by atoms with E-state index in [1.807, 2.05) is 0 Å². The fraction of sp³-hybridized carbons (Fsp3) is 0.333. The molecule has 6 heteroatoms. The van der Waals surface area contributed by atoms with Crippen molar-refractivity contribution in [2.75, 3.05) is 20.7 Å². The van der Waals surface area contributed by atoms with Gasteiger partial charge in [0.2, 0.25) is 5.91 Å². The van der Waals surface area contributed by atoms with Gasteiger partial charge in [-0.3, -0.25) is 4.79 Å². The van der Waals surface area contributed by atoms with Gasteiger partial charge in [-0.15, -0.1) is 0 Å². The van der Waals surface area contributed by atoms with E-state index in [0.717, 1.165) is 6.08 Å². The Kier molecular flexibility index (Phi) is 6.39. The van der Waals surface area contributed by atoms with Crippen LogP contribution in [0.25, 0.3) is 6.08 Å². The number of halogens is 1. The molecule has 21 heavy (non-hydrogen) atoms. The third kappa shape index (κ3) is 6.07. The van der Waals surface area contributed by atoms with Crippen molar-refractivity contribution in [3.8, 4) is 5.75 Å². The Morgan fingerprint density at radius 2 is 2.10 bits per heavy atom. The third-order valence-corrected chi connectivity index (χ3v) is 2.67. The van der Waals surface area contributed by atoms with Gasteiger partial charge in [0, 0.05) is 26.6 Å². The molecule has 0 fully saturated rings.